The van der Waals surface area contributed by atoms with Gasteiger partial charge in [0.1, 0.15) is 0 Å². The topological polar surface area (TPSA) is 90.0 Å². The number of aromatic nitrogens is 2. The van der Waals surface area contributed by atoms with Crippen molar-refractivity contribution in [3.63, 3.8) is 0 Å². The van der Waals surface area contributed by atoms with E-state index in [9.17, 15) is 8.42 Å². The highest BCUT2D eigenvalue weighted by Gasteiger charge is 2.21. The van der Waals surface area contributed by atoms with Crippen molar-refractivity contribution in [3.8, 4) is 0 Å². The minimum Gasteiger partial charge on any atom is -0.327 e. The van der Waals surface area contributed by atoms with Crippen molar-refractivity contribution < 1.29 is 8.42 Å². The molecule has 8 heteroatoms. The van der Waals surface area contributed by atoms with E-state index < -0.39 is 10.0 Å². The molecule has 1 heterocycles. The standard InChI is InChI=1S/C8H13ClN4O2S/c1-13-8(7(9)6-11-13)16(14,15)12-5-3-2-4-10/h2-3,6,12H,4-5,10H2,1H3/b3-2+. The maximum atomic E-state index is 11.8. The smallest absolute Gasteiger partial charge is 0.259 e. The highest BCUT2D eigenvalue weighted by Crippen LogP contribution is 2.19. The van der Waals surface area contributed by atoms with Crippen LogP contribution in [0.15, 0.2) is 23.4 Å². The van der Waals surface area contributed by atoms with Crippen molar-refractivity contribution >= 4 is 21.6 Å². The Bertz CT molecular complexity index is 461. The fourth-order valence-electron chi connectivity index (χ4n) is 1.11. The normalized spacial score (nSPS) is 12.4. The van der Waals surface area contributed by atoms with Crippen molar-refractivity contribution in [1.82, 2.24) is 14.5 Å². The lowest BCUT2D eigenvalue weighted by atomic mass is 10.5. The van der Waals surface area contributed by atoms with E-state index >= 15 is 0 Å². The molecule has 0 radical (unpaired) electrons. The highest BCUT2D eigenvalue weighted by atomic mass is 35.5. The molecule has 0 aromatic carbocycles. The zero-order valence-electron chi connectivity index (χ0n) is 8.72. The summed E-state index contributed by atoms with van der Waals surface area (Å²) in [5.74, 6) is 0. The van der Waals surface area contributed by atoms with Gasteiger partial charge in [-0.1, -0.05) is 23.8 Å². The first-order valence-corrected chi connectivity index (χ1v) is 6.37. The third-order valence-electron chi connectivity index (χ3n) is 1.79. The molecule has 1 aromatic rings. The Kier molecular flexibility index (Phi) is 4.48. The molecule has 0 unspecified atom stereocenters. The summed E-state index contributed by atoms with van der Waals surface area (Å²) in [7, 11) is -2.12. The maximum absolute atomic E-state index is 11.8. The summed E-state index contributed by atoms with van der Waals surface area (Å²) in [6, 6.07) is 0. The predicted octanol–water partition coefficient (Wildman–Crippen LogP) is -0.133. The van der Waals surface area contributed by atoms with E-state index in [-0.39, 0.29) is 16.6 Å². The quantitative estimate of drug-likeness (QED) is 0.725. The van der Waals surface area contributed by atoms with E-state index in [1.807, 2.05) is 0 Å². The molecule has 0 atom stereocenters. The first-order chi connectivity index (χ1) is 7.49. The molecular formula is C8H13ClN4O2S. The minimum absolute atomic E-state index is 0.0460. The largest absolute Gasteiger partial charge is 0.327 e. The number of nitrogens with two attached hydrogens (primary N) is 1. The fraction of sp³-hybridized carbons (Fsp3) is 0.375. The highest BCUT2D eigenvalue weighted by molar-refractivity contribution is 7.89. The number of hydrogen-bond donors (Lipinski definition) is 2. The van der Waals surface area contributed by atoms with Crippen LogP contribution >= 0.6 is 11.6 Å². The van der Waals surface area contributed by atoms with E-state index in [4.69, 9.17) is 17.3 Å². The van der Waals surface area contributed by atoms with Crippen molar-refractivity contribution in [2.75, 3.05) is 13.1 Å². The lowest BCUT2D eigenvalue weighted by Gasteiger charge is -2.05. The SMILES string of the molecule is Cn1ncc(Cl)c1S(=O)(=O)NC/C=C/CN. The molecule has 3 N–H and O–H groups in total. The molecular weight excluding hydrogens is 252 g/mol. The summed E-state index contributed by atoms with van der Waals surface area (Å²) in [6.07, 6.45) is 4.57. The van der Waals surface area contributed by atoms with Crippen LogP contribution in [0.5, 0.6) is 0 Å². The Morgan fingerprint density at radius 2 is 2.31 bits per heavy atom. The van der Waals surface area contributed by atoms with Gasteiger partial charge in [-0.15, -0.1) is 0 Å². The van der Waals surface area contributed by atoms with Crippen LogP contribution in [0.1, 0.15) is 0 Å². The van der Waals surface area contributed by atoms with Gasteiger partial charge in [-0.25, -0.2) is 13.1 Å². The molecule has 6 nitrogen and oxygen atoms in total. The molecule has 0 saturated heterocycles. The van der Waals surface area contributed by atoms with Gasteiger partial charge in [0, 0.05) is 20.1 Å². The van der Waals surface area contributed by atoms with Crippen LogP contribution in [0, 0.1) is 0 Å². The summed E-state index contributed by atoms with van der Waals surface area (Å²) >= 11 is 5.73. The van der Waals surface area contributed by atoms with E-state index in [1.165, 1.54) is 17.9 Å². The maximum Gasteiger partial charge on any atom is 0.259 e. The van der Waals surface area contributed by atoms with Gasteiger partial charge >= 0.3 is 0 Å². The van der Waals surface area contributed by atoms with Crippen molar-refractivity contribution in [2.45, 2.75) is 5.03 Å². The van der Waals surface area contributed by atoms with Crippen LogP contribution in [-0.2, 0) is 17.1 Å². The van der Waals surface area contributed by atoms with Gasteiger partial charge < -0.3 is 5.73 Å². The van der Waals surface area contributed by atoms with Gasteiger partial charge in [-0.05, 0) is 0 Å². The van der Waals surface area contributed by atoms with Crippen molar-refractivity contribution in [1.29, 1.82) is 0 Å². The third kappa shape index (κ3) is 3.05. The summed E-state index contributed by atoms with van der Waals surface area (Å²) in [5, 5.41) is 3.80. The van der Waals surface area contributed by atoms with E-state index in [0.29, 0.717) is 6.54 Å². The molecule has 0 saturated carbocycles. The van der Waals surface area contributed by atoms with Crippen molar-refractivity contribution in [3.05, 3.63) is 23.4 Å². The van der Waals surface area contributed by atoms with Gasteiger partial charge in [0.15, 0.2) is 5.03 Å². The average Bonchev–Trinajstić information content (AvgIpc) is 2.54. The first kappa shape index (κ1) is 13.2. The third-order valence-corrected chi connectivity index (χ3v) is 3.72. The number of rotatable bonds is 5. The van der Waals surface area contributed by atoms with Gasteiger partial charge in [0.2, 0.25) is 0 Å². The van der Waals surface area contributed by atoms with E-state index in [0.717, 1.165) is 0 Å². The zero-order valence-corrected chi connectivity index (χ0v) is 10.3. The Balaban J connectivity index is 2.83. The summed E-state index contributed by atoms with van der Waals surface area (Å²) in [6.45, 7) is 0.537. The number of nitrogens with zero attached hydrogens (tertiary/aromatic N) is 2. The van der Waals surface area contributed by atoms with E-state index in [1.54, 1.807) is 12.2 Å². The van der Waals surface area contributed by atoms with Crippen LogP contribution in [0.25, 0.3) is 0 Å². The van der Waals surface area contributed by atoms with Crippen LogP contribution < -0.4 is 10.5 Å². The summed E-state index contributed by atoms with van der Waals surface area (Å²) in [5.41, 5.74) is 5.22. The number of nitrogens with one attached hydrogen (secondary N) is 1. The number of hydrogen-bond acceptors (Lipinski definition) is 4. The van der Waals surface area contributed by atoms with Gasteiger partial charge in [-0.3, -0.25) is 4.68 Å². The lowest BCUT2D eigenvalue weighted by molar-refractivity contribution is 0.567. The predicted molar refractivity (Wildman–Crippen MR) is 61.6 cm³/mol. The second-order valence-electron chi connectivity index (χ2n) is 2.98. The Hall–Kier alpha value is -0.890. The Labute approximate surface area is 99.1 Å². The molecule has 0 amide bonds. The van der Waals surface area contributed by atoms with E-state index in [2.05, 4.69) is 9.82 Å². The van der Waals surface area contributed by atoms with Gasteiger partial charge in [0.05, 0.1) is 11.2 Å². The van der Waals surface area contributed by atoms with Gasteiger partial charge in [0.25, 0.3) is 10.0 Å². The van der Waals surface area contributed by atoms with Crippen LogP contribution in [-0.4, -0.2) is 31.3 Å². The lowest BCUT2D eigenvalue weighted by Crippen LogP contribution is -2.26. The zero-order chi connectivity index (χ0) is 12.2. The molecule has 0 aliphatic heterocycles. The van der Waals surface area contributed by atoms with Crippen LogP contribution in [0.4, 0.5) is 0 Å². The molecule has 1 aromatic heterocycles. The number of sulfonamides is 1. The first-order valence-electron chi connectivity index (χ1n) is 4.51. The molecule has 0 spiro atoms. The molecule has 0 aliphatic carbocycles. The summed E-state index contributed by atoms with van der Waals surface area (Å²) in [4.78, 5) is 0. The Morgan fingerprint density at radius 3 is 2.81 bits per heavy atom. The van der Waals surface area contributed by atoms with Crippen molar-refractivity contribution in [2.24, 2.45) is 12.8 Å². The fourth-order valence-corrected chi connectivity index (χ4v) is 2.73. The second-order valence-corrected chi connectivity index (χ2v) is 5.07. The summed E-state index contributed by atoms with van der Waals surface area (Å²) < 4.78 is 27.1. The molecule has 0 aliphatic rings. The Morgan fingerprint density at radius 1 is 1.62 bits per heavy atom. The monoisotopic (exact) mass is 264 g/mol. The minimum atomic E-state index is -3.63. The molecule has 0 bridgehead atoms. The average molecular weight is 265 g/mol. The number of halogens is 1. The molecule has 16 heavy (non-hydrogen) atoms. The molecule has 0 fully saturated rings. The van der Waals surface area contributed by atoms with Crippen LogP contribution in [0.3, 0.4) is 0 Å². The van der Waals surface area contributed by atoms with Gasteiger partial charge in [-0.2, -0.15) is 5.10 Å². The molecule has 90 valence electrons. The second kappa shape index (κ2) is 5.44. The van der Waals surface area contributed by atoms with Crippen LogP contribution in [0.2, 0.25) is 5.02 Å². The number of aryl methyl sites for hydroxylation is 1. The molecule has 1 rings (SSSR count).